The number of carbonyl (C=O) groups is 1. The summed E-state index contributed by atoms with van der Waals surface area (Å²) in [5.41, 5.74) is 4.09. The molecule has 0 unspecified atom stereocenters. The number of methoxy groups -OCH3 is 1. The van der Waals surface area contributed by atoms with Crippen LogP contribution in [0.5, 0.6) is 17.2 Å². The minimum Gasteiger partial charge on any atom is -0.497 e. The average molecular weight is 501 g/mol. The summed E-state index contributed by atoms with van der Waals surface area (Å²) in [6.07, 6.45) is 1.94. The van der Waals surface area contributed by atoms with Crippen molar-refractivity contribution in [1.29, 1.82) is 0 Å². The van der Waals surface area contributed by atoms with Gasteiger partial charge in [0, 0.05) is 36.7 Å². The molecule has 2 saturated heterocycles. The standard InChI is InChI=1S/C30H32N2O5/c1-35-24-11-8-21(9-12-24)20-4-6-22(7-5-20)29-25-17-31(14-2-3-15-32(25)26(29)18-33)30(34)23-10-13-27-28(16-23)37-19-36-27/h4-13,16,25-26,29,33H,2-3,14-15,17-19H2,1H3/t25-,26+,29-/m0/s1. The van der Waals surface area contributed by atoms with Gasteiger partial charge in [-0.15, -0.1) is 0 Å². The Hall–Kier alpha value is -3.55. The molecule has 1 N–H and O–H groups in total. The molecule has 3 aliphatic rings. The van der Waals surface area contributed by atoms with Gasteiger partial charge in [-0.05, 0) is 66.4 Å². The third-order valence-electron chi connectivity index (χ3n) is 8.00. The van der Waals surface area contributed by atoms with E-state index in [2.05, 4.69) is 41.3 Å². The number of nitrogens with zero attached hydrogens (tertiary/aromatic N) is 2. The van der Waals surface area contributed by atoms with Gasteiger partial charge < -0.3 is 24.2 Å². The second-order valence-corrected chi connectivity index (χ2v) is 9.96. The monoisotopic (exact) mass is 500 g/mol. The third-order valence-corrected chi connectivity index (χ3v) is 8.00. The van der Waals surface area contributed by atoms with Crippen LogP contribution in [0.15, 0.2) is 66.7 Å². The van der Waals surface area contributed by atoms with E-state index in [4.69, 9.17) is 14.2 Å². The highest BCUT2D eigenvalue weighted by Gasteiger charge is 2.49. The summed E-state index contributed by atoms with van der Waals surface area (Å²) in [5.74, 6) is 2.32. The van der Waals surface area contributed by atoms with Gasteiger partial charge in [0.15, 0.2) is 11.5 Å². The molecule has 2 fully saturated rings. The summed E-state index contributed by atoms with van der Waals surface area (Å²) in [6.45, 7) is 2.61. The SMILES string of the molecule is COc1ccc(-c2ccc([C@@H]3[C@@H](CO)N4CCCCN(C(=O)c5ccc6c(c5)OCO6)C[C@@H]34)cc2)cc1. The van der Waals surface area contributed by atoms with Crippen LogP contribution in [-0.2, 0) is 0 Å². The van der Waals surface area contributed by atoms with Crippen LogP contribution in [-0.4, -0.2) is 73.0 Å². The molecule has 3 atom stereocenters. The highest BCUT2D eigenvalue weighted by Crippen LogP contribution is 2.43. The Morgan fingerprint density at radius 2 is 1.65 bits per heavy atom. The molecule has 192 valence electrons. The number of fused-ring (bicyclic) bond motifs is 2. The lowest BCUT2D eigenvalue weighted by atomic mass is 9.74. The fraction of sp³-hybridized carbons (Fsp3) is 0.367. The van der Waals surface area contributed by atoms with Crippen molar-refractivity contribution in [2.75, 3.05) is 40.1 Å². The number of hydrogen-bond acceptors (Lipinski definition) is 6. The van der Waals surface area contributed by atoms with Gasteiger partial charge in [0.1, 0.15) is 5.75 Å². The van der Waals surface area contributed by atoms with Crippen LogP contribution in [0, 0.1) is 0 Å². The normalized spacial score (nSPS) is 23.0. The fourth-order valence-electron chi connectivity index (χ4n) is 6.02. The summed E-state index contributed by atoms with van der Waals surface area (Å²) in [7, 11) is 1.67. The maximum Gasteiger partial charge on any atom is 0.254 e. The molecule has 7 heteroatoms. The second kappa shape index (κ2) is 10.1. The minimum atomic E-state index is 0.0150. The molecule has 3 aromatic rings. The molecular weight excluding hydrogens is 468 g/mol. The van der Waals surface area contributed by atoms with E-state index in [1.165, 1.54) is 5.56 Å². The van der Waals surface area contributed by atoms with Gasteiger partial charge in [-0.25, -0.2) is 0 Å². The molecule has 0 aliphatic carbocycles. The molecule has 3 heterocycles. The van der Waals surface area contributed by atoms with E-state index in [9.17, 15) is 9.90 Å². The van der Waals surface area contributed by atoms with E-state index in [1.807, 2.05) is 29.2 Å². The lowest BCUT2D eigenvalue weighted by Crippen LogP contribution is -2.67. The second-order valence-electron chi connectivity index (χ2n) is 9.96. The number of amides is 1. The summed E-state index contributed by atoms with van der Waals surface area (Å²) < 4.78 is 16.2. The molecule has 37 heavy (non-hydrogen) atoms. The van der Waals surface area contributed by atoms with E-state index < -0.39 is 0 Å². The maximum absolute atomic E-state index is 13.5. The van der Waals surface area contributed by atoms with E-state index in [0.717, 1.165) is 42.8 Å². The van der Waals surface area contributed by atoms with Crippen LogP contribution < -0.4 is 14.2 Å². The Kier molecular flexibility index (Phi) is 6.49. The number of rotatable bonds is 5. The number of hydrogen-bond donors (Lipinski definition) is 1. The number of carbonyl (C=O) groups excluding carboxylic acids is 1. The molecule has 0 bridgehead atoms. The van der Waals surface area contributed by atoms with Crippen LogP contribution in [0.3, 0.4) is 0 Å². The molecule has 0 aromatic heterocycles. The first-order valence-electron chi connectivity index (χ1n) is 13.0. The molecule has 6 rings (SSSR count). The average Bonchev–Trinajstić information content (AvgIpc) is 3.40. The highest BCUT2D eigenvalue weighted by atomic mass is 16.7. The van der Waals surface area contributed by atoms with E-state index >= 15 is 0 Å². The number of ether oxygens (including phenoxy) is 3. The first-order valence-corrected chi connectivity index (χ1v) is 13.0. The number of benzene rings is 3. The molecule has 0 spiro atoms. The summed E-state index contributed by atoms with van der Waals surface area (Å²) in [6, 6.07) is 22.3. The minimum absolute atomic E-state index is 0.0150. The van der Waals surface area contributed by atoms with Crippen molar-refractivity contribution >= 4 is 5.91 Å². The van der Waals surface area contributed by atoms with Gasteiger partial charge in [-0.2, -0.15) is 0 Å². The van der Waals surface area contributed by atoms with Gasteiger partial charge in [0.05, 0.1) is 13.7 Å². The smallest absolute Gasteiger partial charge is 0.254 e. The van der Waals surface area contributed by atoms with Gasteiger partial charge in [-0.1, -0.05) is 36.4 Å². The van der Waals surface area contributed by atoms with Gasteiger partial charge in [-0.3, -0.25) is 9.69 Å². The van der Waals surface area contributed by atoms with Crippen molar-refractivity contribution in [3.05, 3.63) is 77.9 Å². The Morgan fingerprint density at radius 3 is 2.38 bits per heavy atom. The zero-order chi connectivity index (χ0) is 25.4. The first-order chi connectivity index (χ1) is 18.2. The van der Waals surface area contributed by atoms with Crippen molar-refractivity contribution in [2.24, 2.45) is 0 Å². The van der Waals surface area contributed by atoms with E-state index in [-0.39, 0.29) is 37.3 Å². The number of aliphatic hydroxyl groups is 1. The Balaban J connectivity index is 1.23. The van der Waals surface area contributed by atoms with Crippen molar-refractivity contribution in [3.8, 4) is 28.4 Å². The highest BCUT2D eigenvalue weighted by molar-refractivity contribution is 5.95. The van der Waals surface area contributed by atoms with E-state index in [0.29, 0.717) is 23.6 Å². The number of aliphatic hydroxyl groups excluding tert-OH is 1. The van der Waals surface area contributed by atoms with Crippen molar-refractivity contribution in [3.63, 3.8) is 0 Å². The zero-order valence-corrected chi connectivity index (χ0v) is 21.0. The van der Waals surface area contributed by atoms with Gasteiger partial charge >= 0.3 is 0 Å². The fourth-order valence-corrected chi connectivity index (χ4v) is 6.02. The Morgan fingerprint density at radius 1 is 0.946 bits per heavy atom. The quantitative estimate of drug-likeness (QED) is 0.568. The summed E-state index contributed by atoms with van der Waals surface area (Å²) in [4.78, 5) is 17.9. The summed E-state index contributed by atoms with van der Waals surface area (Å²) >= 11 is 0. The van der Waals surface area contributed by atoms with Crippen LogP contribution in [0.2, 0.25) is 0 Å². The molecular formula is C30H32N2O5. The molecule has 3 aromatic carbocycles. The van der Waals surface area contributed by atoms with Gasteiger partial charge in [0.2, 0.25) is 6.79 Å². The molecule has 0 radical (unpaired) electrons. The van der Waals surface area contributed by atoms with Crippen molar-refractivity contribution < 1.29 is 24.1 Å². The van der Waals surface area contributed by atoms with Crippen LogP contribution in [0.1, 0.15) is 34.7 Å². The van der Waals surface area contributed by atoms with Crippen LogP contribution >= 0.6 is 0 Å². The van der Waals surface area contributed by atoms with Crippen molar-refractivity contribution in [1.82, 2.24) is 9.80 Å². The molecule has 1 amide bonds. The van der Waals surface area contributed by atoms with Gasteiger partial charge in [0.25, 0.3) is 5.91 Å². The van der Waals surface area contributed by atoms with E-state index in [1.54, 1.807) is 13.2 Å². The topological polar surface area (TPSA) is 71.5 Å². The predicted molar refractivity (Wildman–Crippen MR) is 140 cm³/mol. The Labute approximate surface area is 217 Å². The first kappa shape index (κ1) is 23.8. The lowest BCUT2D eigenvalue weighted by Gasteiger charge is -2.57. The molecule has 3 aliphatic heterocycles. The third kappa shape index (κ3) is 4.43. The van der Waals surface area contributed by atoms with Crippen molar-refractivity contribution in [2.45, 2.75) is 30.8 Å². The largest absolute Gasteiger partial charge is 0.497 e. The van der Waals surface area contributed by atoms with Crippen LogP contribution in [0.25, 0.3) is 11.1 Å². The Bertz CT molecular complexity index is 1260. The zero-order valence-electron chi connectivity index (χ0n) is 21.0. The predicted octanol–water partition coefficient (Wildman–Crippen LogP) is 4.16. The van der Waals surface area contributed by atoms with Crippen LogP contribution in [0.4, 0.5) is 0 Å². The molecule has 7 nitrogen and oxygen atoms in total. The maximum atomic E-state index is 13.5. The molecule has 0 saturated carbocycles. The lowest BCUT2D eigenvalue weighted by molar-refractivity contribution is -0.0606. The summed E-state index contributed by atoms with van der Waals surface area (Å²) in [5, 5.41) is 10.3.